The first kappa shape index (κ1) is 14.6. The Bertz CT molecular complexity index is 619. The van der Waals surface area contributed by atoms with Gasteiger partial charge in [0.2, 0.25) is 0 Å². The van der Waals surface area contributed by atoms with E-state index in [0.29, 0.717) is 16.5 Å². The van der Waals surface area contributed by atoms with E-state index < -0.39 is 17.7 Å². The molecule has 0 aliphatic heterocycles. The molecular formula is C15H14ClF2NO. The van der Waals surface area contributed by atoms with Crippen LogP contribution in [0.5, 0.6) is 5.75 Å². The van der Waals surface area contributed by atoms with E-state index in [1.807, 2.05) is 0 Å². The van der Waals surface area contributed by atoms with Crippen LogP contribution in [0.25, 0.3) is 0 Å². The molecule has 0 aliphatic rings. The molecule has 0 saturated heterocycles. The highest BCUT2D eigenvalue weighted by Crippen LogP contribution is 2.30. The number of halogens is 3. The standard InChI is InChI=1S/C15H14ClF2NO/c1-9(11-4-3-5-13(17)15(11)18)19-10-6-7-12(16)14(8-10)20-2/h3-9,19H,1-2H3. The molecule has 0 amide bonds. The number of ether oxygens (including phenoxy) is 1. The van der Waals surface area contributed by atoms with Crippen LogP contribution >= 0.6 is 11.6 Å². The molecule has 1 unspecified atom stereocenters. The molecular weight excluding hydrogens is 284 g/mol. The summed E-state index contributed by atoms with van der Waals surface area (Å²) in [6.45, 7) is 1.75. The van der Waals surface area contributed by atoms with Crippen molar-refractivity contribution in [3.05, 3.63) is 58.6 Å². The third-order valence-corrected chi connectivity index (χ3v) is 3.29. The highest BCUT2D eigenvalue weighted by Gasteiger charge is 2.14. The van der Waals surface area contributed by atoms with E-state index in [0.717, 1.165) is 6.07 Å². The van der Waals surface area contributed by atoms with E-state index in [1.54, 1.807) is 31.2 Å². The number of anilines is 1. The molecule has 0 spiro atoms. The maximum atomic E-state index is 13.7. The minimum absolute atomic E-state index is 0.263. The van der Waals surface area contributed by atoms with Crippen LogP contribution in [0.1, 0.15) is 18.5 Å². The Labute approximate surface area is 121 Å². The average Bonchev–Trinajstić information content (AvgIpc) is 2.43. The molecule has 5 heteroatoms. The van der Waals surface area contributed by atoms with Crippen LogP contribution in [0.2, 0.25) is 5.02 Å². The molecule has 0 radical (unpaired) electrons. The first-order valence-electron chi connectivity index (χ1n) is 6.07. The van der Waals surface area contributed by atoms with Gasteiger partial charge in [0, 0.05) is 17.3 Å². The van der Waals surface area contributed by atoms with E-state index in [9.17, 15) is 8.78 Å². The monoisotopic (exact) mass is 297 g/mol. The first-order valence-corrected chi connectivity index (χ1v) is 6.44. The second-order valence-electron chi connectivity index (χ2n) is 4.36. The van der Waals surface area contributed by atoms with Crippen LogP contribution in [0.3, 0.4) is 0 Å². The molecule has 2 aromatic rings. The van der Waals surface area contributed by atoms with Crippen molar-refractivity contribution in [1.29, 1.82) is 0 Å². The SMILES string of the molecule is COc1cc(NC(C)c2cccc(F)c2F)ccc1Cl. The third-order valence-electron chi connectivity index (χ3n) is 2.98. The second-order valence-corrected chi connectivity index (χ2v) is 4.77. The molecule has 0 bridgehead atoms. The van der Waals surface area contributed by atoms with Crippen molar-refractivity contribution >= 4 is 17.3 Å². The van der Waals surface area contributed by atoms with Gasteiger partial charge in [-0.2, -0.15) is 0 Å². The Morgan fingerprint density at radius 3 is 2.65 bits per heavy atom. The largest absolute Gasteiger partial charge is 0.495 e. The predicted octanol–water partition coefficient (Wildman–Crippen LogP) is 4.80. The summed E-state index contributed by atoms with van der Waals surface area (Å²) in [5.74, 6) is -1.18. The third kappa shape index (κ3) is 3.02. The van der Waals surface area contributed by atoms with Crippen LogP contribution in [-0.2, 0) is 0 Å². The lowest BCUT2D eigenvalue weighted by Crippen LogP contribution is -2.09. The summed E-state index contributed by atoms with van der Waals surface area (Å²) in [5, 5.41) is 3.57. The van der Waals surface area contributed by atoms with Crippen LogP contribution < -0.4 is 10.1 Å². The molecule has 106 valence electrons. The normalized spacial score (nSPS) is 12.1. The zero-order valence-electron chi connectivity index (χ0n) is 11.1. The van der Waals surface area contributed by atoms with Gasteiger partial charge in [0.15, 0.2) is 11.6 Å². The van der Waals surface area contributed by atoms with Crippen LogP contribution in [0.15, 0.2) is 36.4 Å². The number of rotatable bonds is 4. The highest BCUT2D eigenvalue weighted by molar-refractivity contribution is 6.32. The van der Waals surface area contributed by atoms with E-state index in [-0.39, 0.29) is 5.56 Å². The molecule has 0 aromatic heterocycles. The van der Waals surface area contributed by atoms with Gasteiger partial charge in [-0.05, 0) is 25.1 Å². The lowest BCUT2D eigenvalue weighted by atomic mass is 10.1. The van der Waals surface area contributed by atoms with Crippen LogP contribution in [0.4, 0.5) is 14.5 Å². The lowest BCUT2D eigenvalue weighted by molar-refractivity contribution is 0.415. The Morgan fingerprint density at radius 1 is 1.20 bits per heavy atom. The predicted molar refractivity (Wildman–Crippen MR) is 76.4 cm³/mol. The van der Waals surface area contributed by atoms with Gasteiger partial charge >= 0.3 is 0 Å². The number of nitrogens with one attached hydrogen (secondary N) is 1. The Morgan fingerprint density at radius 2 is 1.95 bits per heavy atom. The van der Waals surface area contributed by atoms with Gasteiger partial charge in [-0.1, -0.05) is 23.7 Å². The van der Waals surface area contributed by atoms with E-state index >= 15 is 0 Å². The van der Waals surface area contributed by atoms with E-state index in [2.05, 4.69) is 5.32 Å². The summed E-state index contributed by atoms with van der Waals surface area (Å²) in [6.07, 6.45) is 0. The molecule has 20 heavy (non-hydrogen) atoms. The number of hydrogen-bond acceptors (Lipinski definition) is 2. The second kappa shape index (κ2) is 6.09. The maximum absolute atomic E-state index is 13.7. The summed E-state index contributed by atoms with van der Waals surface area (Å²) in [7, 11) is 1.51. The van der Waals surface area contributed by atoms with Crippen molar-refractivity contribution in [2.75, 3.05) is 12.4 Å². The quantitative estimate of drug-likeness (QED) is 0.875. The van der Waals surface area contributed by atoms with Crippen LogP contribution in [-0.4, -0.2) is 7.11 Å². The average molecular weight is 298 g/mol. The van der Waals surface area contributed by atoms with Crippen molar-refractivity contribution < 1.29 is 13.5 Å². The van der Waals surface area contributed by atoms with Crippen molar-refractivity contribution in [2.24, 2.45) is 0 Å². The van der Waals surface area contributed by atoms with Gasteiger partial charge in [0.25, 0.3) is 0 Å². The summed E-state index contributed by atoms with van der Waals surface area (Å²) in [4.78, 5) is 0. The minimum atomic E-state index is -0.857. The fourth-order valence-corrected chi connectivity index (χ4v) is 2.13. The Hall–Kier alpha value is -1.81. The summed E-state index contributed by atoms with van der Waals surface area (Å²) in [6, 6.07) is 8.86. The van der Waals surface area contributed by atoms with Gasteiger partial charge < -0.3 is 10.1 Å². The van der Waals surface area contributed by atoms with Gasteiger partial charge in [0.05, 0.1) is 18.2 Å². The Balaban J connectivity index is 2.23. The minimum Gasteiger partial charge on any atom is -0.495 e. The smallest absolute Gasteiger partial charge is 0.164 e. The number of hydrogen-bond donors (Lipinski definition) is 1. The summed E-state index contributed by atoms with van der Waals surface area (Å²) >= 11 is 5.93. The molecule has 2 aromatic carbocycles. The molecule has 2 nitrogen and oxygen atoms in total. The molecule has 1 N–H and O–H groups in total. The Kier molecular flexibility index (Phi) is 4.45. The fraction of sp³-hybridized carbons (Fsp3) is 0.200. The number of benzene rings is 2. The fourth-order valence-electron chi connectivity index (χ4n) is 1.93. The number of methoxy groups -OCH3 is 1. The van der Waals surface area contributed by atoms with E-state index in [1.165, 1.54) is 13.2 Å². The zero-order valence-corrected chi connectivity index (χ0v) is 11.8. The summed E-state index contributed by atoms with van der Waals surface area (Å²) < 4.78 is 32.0. The molecule has 1 atom stereocenters. The van der Waals surface area contributed by atoms with Crippen molar-refractivity contribution in [3.63, 3.8) is 0 Å². The zero-order chi connectivity index (χ0) is 14.7. The topological polar surface area (TPSA) is 21.3 Å². The van der Waals surface area contributed by atoms with Gasteiger partial charge in [-0.3, -0.25) is 0 Å². The van der Waals surface area contributed by atoms with E-state index in [4.69, 9.17) is 16.3 Å². The van der Waals surface area contributed by atoms with Crippen molar-refractivity contribution in [2.45, 2.75) is 13.0 Å². The van der Waals surface area contributed by atoms with Gasteiger partial charge in [-0.25, -0.2) is 8.78 Å². The van der Waals surface area contributed by atoms with Crippen molar-refractivity contribution in [3.8, 4) is 5.75 Å². The van der Waals surface area contributed by atoms with Crippen LogP contribution in [0, 0.1) is 11.6 Å². The summed E-state index contributed by atoms with van der Waals surface area (Å²) in [5.41, 5.74) is 0.973. The molecule has 0 fully saturated rings. The molecule has 2 rings (SSSR count). The lowest BCUT2D eigenvalue weighted by Gasteiger charge is -2.17. The molecule has 0 heterocycles. The van der Waals surface area contributed by atoms with Gasteiger partial charge in [-0.15, -0.1) is 0 Å². The molecule has 0 aliphatic carbocycles. The highest BCUT2D eigenvalue weighted by atomic mass is 35.5. The first-order chi connectivity index (χ1) is 9.52. The van der Waals surface area contributed by atoms with Crippen molar-refractivity contribution in [1.82, 2.24) is 0 Å². The maximum Gasteiger partial charge on any atom is 0.164 e. The molecule has 0 saturated carbocycles. The van der Waals surface area contributed by atoms with Gasteiger partial charge in [0.1, 0.15) is 5.75 Å².